The van der Waals surface area contributed by atoms with Crippen molar-refractivity contribution >= 4 is 16.1 Å². The number of esters is 1. The lowest BCUT2D eigenvalue weighted by Crippen LogP contribution is -2.41. The van der Waals surface area contributed by atoms with E-state index in [1.165, 1.54) is 0 Å². The molecule has 0 unspecified atom stereocenters. The number of ether oxygens (including phenoxy) is 1. The average molecular weight is 182 g/mol. The molecule has 0 aromatic rings. The monoisotopic (exact) mass is 182 g/mol. The maximum atomic E-state index is 10.7. The number of hydrogen-bond donors (Lipinski definition) is 1. The Kier molecular flexibility index (Phi) is 2.63. The van der Waals surface area contributed by atoms with Gasteiger partial charge in [0.05, 0.1) is 7.11 Å². The molecule has 0 saturated heterocycles. The highest BCUT2D eigenvalue weighted by Gasteiger charge is 2.41. The van der Waals surface area contributed by atoms with Crippen LogP contribution in [0, 0.1) is 0 Å². The van der Waals surface area contributed by atoms with Crippen LogP contribution in [0.2, 0.25) is 0 Å². The molecule has 0 radical (unpaired) electrons. The van der Waals surface area contributed by atoms with Crippen LogP contribution in [0.5, 0.6) is 0 Å². The molecule has 0 bridgehead atoms. The van der Waals surface area contributed by atoms with Crippen molar-refractivity contribution in [3.63, 3.8) is 0 Å². The first-order chi connectivity index (χ1) is 4.73. The van der Waals surface area contributed by atoms with Crippen LogP contribution < -0.4 is 0 Å². The molecule has 1 N–H and O–H groups in total. The summed E-state index contributed by atoms with van der Waals surface area (Å²) in [5, 5.41) is 0. The van der Waals surface area contributed by atoms with Crippen molar-refractivity contribution in [2.45, 2.75) is 18.6 Å². The summed E-state index contributed by atoms with van der Waals surface area (Å²) in [6.07, 6.45) is 0. The third-order valence-electron chi connectivity index (χ3n) is 1.32. The van der Waals surface area contributed by atoms with Crippen LogP contribution in [-0.4, -0.2) is 30.8 Å². The third kappa shape index (κ3) is 1.90. The molecule has 0 aliphatic rings. The van der Waals surface area contributed by atoms with E-state index in [4.69, 9.17) is 4.55 Å². The van der Waals surface area contributed by atoms with Gasteiger partial charge < -0.3 is 4.74 Å². The molecule has 11 heavy (non-hydrogen) atoms. The minimum Gasteiger partial charge on any atom is -0.468 e. The van der Waals surface area contributed by atoms with Crippen molar-refractivity contribution in [3.05, 3.63) is 0 Å². The lowest BCUT2D eigenvalue weighted by molar-refractivity contribution is -0.142. The third-order valence-corrected chi connectivity index (χ3v) is 2.78. The van der Waals surface area contributed by atoms with E-state index in [-0.39, 0.29) is 0 Å². The maximum Gasteiger partial charge on any atom is 0.329 e. The maximum absolute atomic E-state index is 10.7. The lowest BCUT2D eigenvalue weighted by atomic mass is 10.2. The second-order valence-electron chi connectivity index (χ2n) is 2.48. The van der Waals surface area contributed by atoms with Gasteiger partial charge in [0.1, 0.15) is 0 Å². The smallest absolute Gasteiger partial charge is 0.329 e. The molecule has 0 amide bonds. The summed E-state index contributed by atoms with van der Waals surface area (Å²) in [5.41, 5.74) is 0. The van der Waals surface area contributed by atoms with E-state index in [2.05, 4.69) is 4.74 Å². The summed E-state index contributed by atoms with van der Waals surface area (Å²) >= 11 is 0. The Balaban J connectivity index is 4.90. The lowest BCUT2D eigenvalue weighted by Gasteiger charge is -2.16. The van der Waals surface area contributed by atoms with E-state index in [1.807, 2.05) is 0 Å². The van der Waals surface area contributed by atoms with Crippen LogP contribution in [0.4, 0.5) is 0 Å². The van der Waals surface area contributed by atoms with Crippen molar-refractivity contribution in [1.29, 1.82) is 0 Å². The highest BCUT2D eigenvalue weighted by Crippen LogP contribution is 2.15. The van der Waals surface area contributed by atoms with Crippen LogP contribution in [0.25, 0.3) is 0 Å². The Labute approximate surface area is 65.1 Å². The Morgan fingerprint density at radius 2 is 1.82 bits per heavy atom. The normalized spacial score (nSPS) is 12.7. The molecule has 6 heteroatoms. The van der Waals surface area contributed by atoms with Crippen molar-refractivity contribution in [1.82, 2.24) is 0 Å². The van der Waals surface area contributed by atoms with Crippen molar-refractivity contribution in [2.75, 3.05) is 7.11 Å². The molecule has 5 nitrogen and oxygen atoms in total. The Morgan fingerprint density at radius 1 is 1.45 bits per heavy atom. The molecule has 0 atom stereocenters. The molecule has 0 aromatic heterocycles. The fourth-order valence-electron chi connectivity index (χ4n) is 0.351. The van der Waals surface area contributed by atoms with Crippen LogP contribution in [0.3, 0.4) is 0 Å². The number of carbonyl (C=O) groups is 1. The predicted octanol–water partition coefficient (Wildman–Crippen LogP) is -0.174. The summed E-state index contributed by atoms with van der Waals surface area (Å²) in [6.45, 7) is 2.13. The molecular weight excluding hydrogens is 172 g/mol. The summed E-state index contributed by atoms with van der Waals surface area (Å²) in [4.78, 5) is 10.7. The van der Waals surface area contributed by atoms with E-state index >= 15 is 0 Å². The largest absolute Gasteiger partial charge is 0.468 e. The van der Waals surface area contributed by atoms with Crippen LogP contribution in [0.15, 0.2) is 0 Å². The number of methoxy groups -OCH3 is 1. The Morgan fingerprint density at radius 3 is 1.91 bits per heavy atom. The zero-order valence-electron chi connectivity index (χ0n) is 6.49. The second kappa shape index (κ2) is 2.78. The highest BCUT2D eigenvalue weighted by molar-refractivity contribution is 7.88. The fourth-order valence-corrected chi connectivity index (χ4v) is 0.645. The first-order valence-corrected chi connectivity index (χ1v) is 4.23. The molecular formula is C5H10O5S. The topological polar surface area (TPSA) is 80.7 Å². The zero-order valence-corrected chi connectivity index (χ0v) is 7.30. The summed E-state index contributed by atoms with van der Waals surface area (Å²) < 4.78 is 31.8. The molecule has 0 rings (SSSR count). The van der Waals surface area contributed by atoms with Crippen LogP contribution in [0.1, 0.15) is 13.8 Å². The van der Waals surface area contributed by atoms with E-state index in [0.29, 0.717) is 0 Å². The molecule has 0 aromatic carbocycles. The summed E-state index contributed by atoms with van der Waals surface area (Å²) in [5.74, 6) is -0.986. The van der Waals surface area contributed by atoms with Crippen LogP contribution >= 0.6 is 0 Å². The van der Waals surface area contributed by atoms with Gasteiger partial charge in [-0.15, -0.1) is 0 Å². The Bertz CT molecular complexity index is 250. The van der Waals surface area contributed by atoms with Crippen molar-refractivity contribution in [2.24, 2.45) is 0 Å². The average Bonchev–Trinajstić information content (AvgIpc) is 1.83. The molecule has 0 aliphatic carbocycles. The molecule has 0 spiro atoms. The first-order valence-electron chi connectivity index (χ1n) is 2.79. The molecule has 66 valence electrons. The van der Waals surface area contributed by atoms with Gasteiger partial charge in [-0.2, -0.15) is 8.42 Å². The van der Waals surface area contributed by atoms with Crippen LogP contribution in [-0.2, 0) is 19.6 Å². The Hall–Kier alpha value is -0.620. The first kappa shape index (κ1) is 10.4. The van der Waals surface area contributed by atoms with Gasteiger partial charge in [0, 0.05) is 0 Å². The van der Waals surface area contributed by atoms with Gasteiger partial charge in [-0.1, -0.05) is 0 Å². The fraction of sp³-hybridized carbons (Fsp3) is 0.800. The molecule has 0 fully saturated rings. The number of rotatable bonds is 2. The molecule has 0 aliphatic heterocycles. The quantitative estimate of drug-likeness (QED) is 0.473. The SMILES string of the molecule is COC(=O)C(C)(C)S(=O)(=O)O. The van der Waals surface area contributed by atoms with Gasteiger partial charge in [-0.25, -0.2) is 0 Å². The van der Waals surface area contributed by atoms with E-state index < -0.39 is 20.8 Å². The van der Waals surface area contributed by atoms with Gasteiger partial charge in [-0.3, -0.25) is 9.35 Å². The van der Waals surface area contributed by atoms with E-state index in [9.17, 15) is 13.2 Å². The number of carbonyl (C=O) groups excluding carboxylic acids is 1. The van der Waals surface area contributed by atoms with E-state index in [1.54, 1.807) is 0 Å². The highest BCUT2D eigenvalue weighted by atomic mass is 32.2. The summed E-state index contributed by atoms with van der Waals surface area (Å²) in [7, 11) is -3.34. The standard InChI is InChI=1S/C5H10O5S/c1-5(2,4(6)10-3)11(7,8)9/h1-3H3,(H,7,8,9). The molecule has 0 saturated carbocycles. The van der Waals surface area contributed by atoms with Crippen molar-refractivity contribution in [3.8, 4) is 0 Å². The second-order valence-corrected chi connectivity index (χ2v) is 4.45. The molecule has 0 heterocycles. The van der Waals surface area contributed by atoms with Gasteiger partial charge >= 0.3 is 5.97 Å². The predicted molar refractivity (Wildman–Crippen MR) is 37.6 cm³/mol. The van der Waals surface area contributed by atoms with Gasteiger partial charge in [-0.05, 0) is 13.8 Å². The van der Waals surface area contributed by atoms with Gasteiger partial charge in [0.15, 0.2) is 4.75 Å². The zero-order chi connectivity index (χ0) is 9.28. The summed E-state index contributed by atoms with van der Waals surface area (Å²) in [6, 6.07) is 0. The minimum atomic E-state index is -4.39. The minimum absolute atomic E-state index is 0.986. The van der Waals surface area contributed by atoms with Gasteiger partial charge in [0.25, 0.3) is 10.1 Å². The van der Waals surface area contributed by atoms with Crippen molar-refractivity contribution < 1.29 is 22.5 Å². The number of hydrogen-bond acceptors (Lipinski definition) is 4. The van der Waals surface area contributed by atoms with E-state index in [0.717, 1.165) is 21.0 Å². The van der Waals surface area contributed by atoms with Gasteiger partial charge in [0.2, 0.25) is 0 Å².